The lowest BCUT2D eigenvalue weighted by molar-refractivity contribution is 0.442. The highest BCUT2D eigenvalue weighted by atomic mass is 35.5. The first-order valence-electron chi connectivity index (χ1n) is 5.87. The molecule has 0 radical (unpaired) electrons. The molecule has 100 valence electrons. The number of hydrogen-bond donors (Lipinski definition) is 1. The molecule has 1 aromatic heterocycles. The number of aromatic hydroxyl groups is 1. The van der Waals surface area contributed by atoms with E-state index in [1.165, 1.54) is 18.2 Å². The van der Waals surface area contributed by atoms with Crippen LogP contribution in [-0.2, 0) is 0 Å². The minimum absolute atomic E-state index is 0.0534. The van der Waals surface area contributed by atoms with Crippen LogP contribution in [0.1, 0.15) is 0 Å². The summed E-state index contributed by atoms with van der Waals surface area (Å²) in [6.45, 7) is 0. The third-order valence-electron chi connectivity index (χ3n) is 3.06. The Morgan fingerprint density at radius 2 is 1.85 bits per heavy atom. The van der Waals surface area contributed by atoms with Gasteiger partial charge in [0.05, 0.1) is 10.7 Å². The molecule has 0 aliphatic rings. The lowest BCUT2D eigenvalue weighted by Crippen LogP contribution is -2.17. The Morgan fingerprint density at radius 3 is 2.60 bits per heavy atom. The molecular formula is C15H9ClFNO2. The summed E-state index contributed by atoms with van der Waals surface area (Å²) in [6, 6.07) is 12.0. The van der Waals surface area contributed by atoms with Crippen LogP contribution in [0.4, 0.5) is 4.39 Å². The molecule has 0 atom stereocenters. The predicted molar refractivity (Wildman–Crippen MR) is 76.2 cm³/mol. The van der Waals surface area contributed by atoms with Crippen molar-refractivity contribution in [3.8, 4) is 11.6 Å². The number of hydrogen-bond acceptors (Lipinski definition) is 2. The van der Waals surface area contributed by atoms with Crippen molar-refractivity contribution >= 4 is 22.4 Å². The summed E-state index contributed by atoms with van der Waals surface area (Å²) < 4.78 is 14.1. The number of benzene rings is 2. The first-order valence-corrected chi connectivity index (χ1v) is 6.25. The van der Waals surface area contributed by atoms with Gasteiger partial charge in [-0.25, -0.2) is 8.96 Å². The van der Waals surface area contributed by atoms with E-state index in [1.807, 2.05) is 0 Å². The fraction of sp³-hybridized carbons (Fsp3) is 0. The first-order chi connectivity index (χ1) is 9.58. The number of halogens is 2. The zero-order valence-electron chi connectivity index (χ0n) is 10.2. The molecule has 20 heavy (non-hydrogen) atoms. The van der Waals surface area contributed by atoms with Gasteiger partial charge < -0.3 is 5.11 Å². The Labute approximate surface area is 118 Å². The van der Waals surface area contributed by atoms with Gasteiger partial charge in [-0.1, -0.05) is 29.8 Å². The van der Waals surface area contributed by atoms with E-state index in [-0.39, 0.29) is 16.6 Å². The Kier molecular flexibility index (Phi) is 2.95. The first kappa shape index (κ1) is 12.7. The Bertz CT molecular complexity index is 873. The van der Waals surface area contributed by atoms with Gasteiger partial charge in [0.1, 0.15) is 5.82 Å². The van der Waals surface area contributed by atoms with Crippen LogP contribution in [0.3, 0.4) is 0 Å². The van der Waals surface area contributed by atoms with Crippen molar-refractivity contribution in [1.29, 1.82) is 0 Å². The largest absolute Gasteiger partial charge is 0.494 e. The van der Waals surface area contributed by atoms with Crippen LogP contribution < -0.4 is 5.56 Å². The lowest BCUT2D eigenvalue weighted by atomic mass is 10.1. The Balaban J connectivity index is 2.39. The molecule has 0 bridgehead atoms. The van der Waals surface area contributed by atoms with Crippen LogP contribution in [0.25, 0.3) is 16.5 Å². The van der Waals surface area contributed by atoms with Crippen LogP contribution in [0.5, 0.6) is 5.88 Å². The van der Waals surface area contributed by atoms with E-state index in [9.17, 15) is 14.3 Å². The van der Waals surface area contributed by atoms with Crippen molar-refractivity contribution in [1.82, 2.24) is 4.57 Å². The normalized spacial score (nSPS) is 10.9. The monoisotopic (exact) mass is 289 g/mol. The topological polar surface area (TPSA) is 42.2 Å². The van der Waals surface area contributed by atoms with Gasteiger partial charge >= 0.3 is 0 Å². The van der Waals surface area contributed by atoms with Crippen molar-refractivity contribution < 1.29 is 9.50 Å². The number of fused-ring (bicyclic) bond motifs is 1. The number of pyridine rings is 1. The zero-order valence-corrected chi connectivity index (χ0v) is 10.9. The molecule has 0 aliphatic heterocycles. The van der Waals surface area contributed by atoms with E-state index in [0.29, 0.717) is 10.8 Å². The molecule has 0 spiro atoms. The summed E-state index contributed by atoms with van der Waals surface area (Å²) in [5.74, 6) is -0.728. The molecule has 0 fully saturated rings. The molecule has 0 amide bonds. The SMILES string of the molecule is O=c1cc2ccccc2c(O)n1-c1ccc(F)cc1Cl. The van der Waals surface area contributed by atoms with Crippen molar-refractivity contribution in [2.75, 3.05) is 0 Å². The molecule has 0 aliphatic carbocycles. The summed E-state index contributed by atoms with van der Waals surface area (Å²) >= 11 is 5.95. The number of aromatic nitrogens is 1. The van der Waals surface area contributed by atoms with Crippen molar-refractivity contribution in [3.05, 3.63) is 69.7 Å². The fourth-order valence-corrected chi connectivity index (χ4v) is 2.40. The van der Waals surface area contributed by atoms with Crippen LogP contribution in [-0.4, -0.2) is 9.67 Å². The van der Waals surface area contributed by atoms with Gasteiger partial charge in [-0.3, -0.25) is 4.79 Å². The van der Waals surface area contributed by atoms with E-state index < -0.39 is 11.4 Å². The van der Waals surface area contributed by atoms with Crippen molar-refractivity contribution in [2.24, 2.45) is 0 Å². The number of nitrogens with zero attached hydrogens (tertiary/aromatic N) is 1. The summed E-state index contributed by atoms with van der Waals surface area (Å²) in [5, 5.41) is 11.5. The molecule has 3 rings (SSSR count). The predicted octanol–water partition coefficient (Wildman–Crippen LogP) is 3.49. The van der Waals surface area contributed by atoms with Gasteiger partial charge in [0.25, 0.3) is 5.56 Å². The van der Waals surface area contributed by atoms with Gasteiger partial charge in [-0.15, -0.1) is 0 Å². The molecular weight excluding hydrogens is 281 g/mol. The molecule has 1 heterocycles. The molecule has 3 aromatic rings. The van der Waals surface area contributed by atoms with Gasteiger partial charge in [-0.05, 0) is 29.7 Å². The highest BCUT2D eigenvalue weighted by Crippen LogP contribution is 2.28. The quantitative estimate of drug-likeness (QED) is 0.745. The van der Waals surface area contributed by atoms with Gasteiger partial charge in [0.15, 0.2) is 0 Å². The molecule has 5 heteroatoms. The maximum Gasteiger partial charge on any atom is 0.258 e. The smallest absolute Gasteiger partial charge is 0.258 e. The molecule has 1 N–H and O–H groups in total. The third-order valence-corrected chi connectivity index (χ3v) is 3.37. The third kappa shape index (κ3) is 1.94. The van der Waals surface area contributed by atoms with E-state index >= 15 is 0 Å². The summed E-state index contributed by atoms with van der Waals surface area (Å²) in [7, 11) is 0. The van der Waals surface area contributed by atoms with E-state index in [4.69, 9.17) is 11.6 Å². The highest BCUT2D eigenvalue weighted by molar-refractivity contribution is 6.32. The van der Waals surface area contributed by atoms with Crippen LogP contribution in [0.15, 0.2) is 53.3 Å². The minimum Gasteiger partial charge on any atom is -0.494 e. The second-order valence-corrected chi connectivity index (χ2v) is 4.73. The molecule has 0 saturated carbocycles. The van der Waals surface area contributed by atoms with Gasteiger partial charge in [0, 0.05) is 11.5 Å². The molecule has 0 saturated heterocycles. The van der Waals surface area contributed by atoms with E-state index in [1.54, 1.807) is 24.3 Å². The van der Waals surface area contributed by atoms with Crippen LogP contribution in [0, 0.1) is 5.82 Å². The van der Waals surface area contributed by atoms with Gasteiger partial charge in [0.2, 0.25) is 5.88 Å². The summed E-state index contributed by atoms with van der Waals surface area (Å²) in [6.07, 6.45) is 0. The second-order valence-electron chi connectivity index (χ2n) is 4.32. The molecule has 2 aromatic carbocycles. The average Bonchev–Trinajstić information content (AvgIpc) is 2.41. The average molecular weight is 290 g/mol. The lowest BCUT2D eigenvalue weighted by Gasteiger charge is -2.12. The zero-order chi connectivity index (χ0) is 14.3. The van der Waals surface area contributed by atoms with Crippen LogP contribution in [0.2, 0.25) is 5.02 Å². The summed E-state index contributed by atoms with van der Waals surface area (Å²) in [5.41, 5.74) is -0.198. The number of rotatable bonds is 1. The standard InChI is InChI=1S/C15H9ClFNO2/c16-12-8-10(17)5-6-13(12)18-14(19)7-9-3-1-2-4-11(9)15(18)20/h1-8,20H. The Morgan fingerprint density at radius 1 is 1.10 bits per heavy atom. The molecule has 0 unspecified atom stereocenters. The van der Waals surface area contributed by atoms with Gasteiger partial charge in [-0.2, -0.15) is 0 Å². The fourth-order valence-electron chi connectivity index (χ4n) is 2.14. The van der Waals surface area contributed by atoms with Crippen molar-refractivity contribution in [3.63, 3.8) is 0 Å². The van der Waals surface area contributed by atoms with E-state index in [0.717, 1.165) is 10.6 Å². The van der Waals surface area contributed by atoms with Crippen molar-refractivity contribution in [2.45, 2.75) is 0 Å². The second kappa shape index (κ2) is 4.65. The van der Waals surface area contributed by atoms with Crippen LogP contribution >= 0.6 is 11.6 Å². The van der Waals surface area contributed by atoms with E-state index in [2.05, 4.69) is 0 Å². The molecule has 3 nitrogen and oxygen atoms in total. The maximum absolute atomic E-state index is 13.1. The Hall–Kier alpha value is -2.33. The minimum atomic E-state index is -0.507. The summed E-state index contributed by atoms with van der Waals surface area (Å²) in [4.78, 5) is 12.1. The highest BCUT2D eigenvalue weighted by Gasteiger charge is 2.13. The maximum atomic E-state index is 13.1.